The van der Waals surface area contributed by atoms with Gasteiger partial charge in [-0.05, 0) is 73.8 Å². The van der Waals surface area contributed by atoms with E-state index in [0.717, 1.165) is 32.2 Å². The Labute approximate surface area is 155 Å². The minimum Gasteiger partial charge on any atom is -0.396 e. The summed E-state index contributed by atoms with van der Waals surface area (Å²) in [5, 5.41) is 16.2. The van der Waals surface area contributed by atoms with E-state index < -0.39 is 0 Å². The van der Waals surface area contributed by atoms with Crippen LogP contribution in [0.5, 0.6) is 0 Å². The van der Waals surface area contributed by atoms with Crippen LogP contribution in [0.25, 0.3) is 0 Å². The van der Waals surface area contributed by atoms with Gasteiger partial charge < -0.3 is 15.7 Å². The fourth-order valence-electron chi connectivity index (χ4n) is 5.82. The molecular weight excluding hydrogens is 324 g/mol. The number of fused-ring (bicyclic) bond motifs is 2. The number of carbonyl (C=O) groups excluding carboxylic acids is 1. The molecule has 1 aliphatic heterocycles. The molecule has 1 aromatic carbocycles. The third kappa shape index (κ3) is 2.69. The van der Waals surface area contributed by atoms with Crippen molar-refractivity contribution in [3.63, 3.8) is 0 Å². The lowest BCUT2D eigenvalue weighted by Gasteiger charge is -2.52. The van der Waals surface area contributed by atoms with Crippen molar-refractivity contribution in [2.75, 3.05) is 13.2 Å². The molecule has 3 fully saturated rings. The van der Waals surface area contributed by atoms with Crippen LogP contribution in [-0.2, 0) is 10.2 Å². The first kappa shape index (κ1) is 16.8. The second-order valence-electron chi connectivity index (χ2n) is 9.42. The molecule has 3 aliphatic carbocycles. The predicted molar refractivity (Wildman–Crippen MR) is 101 cm³/mol. The smallest absolute Gasteiger partial charge is 0.241 e. The molecule has 1 unspecified atom stereocenters. The zero-order valence-electron chi connectivity index (χ0n) is 15.5. The number of aliphatic hydroxyl groups is 1. The molecule has 0 bridgehead atoms. The normalized spacial score (nSPS) is 37.0. The second kappa shape index (κ2) is 6.07. The molecule has 26 heavy (non-hydrogen) atoms. The summed E-state index contributed by atoms with van der Waals surface area (Å²) in [4.78, 5) is 13.0. The van der Waals surface area contributed by atoms with Crippen molar-refractivity contribution in [2.24, 2.45) is 11.3 Å². The molecule has 0 aromatic heterocycles. The van der Waals surface area contributed by atoms with Crippen molar-refractivity contribution in [3.8, 4) is 0 Å². The number of rotatable bonds is 3. The fourth-order valence-corrected chi connectivity index (χ4v) is 5.82. The van der Waals surface area contributed by atoms with Gasteiger partial charge in [-0.2, -0.15) is 0 Å². The second-order valence-corrected chi connectivity index (χ2v) is 9.42. The first-order chi connectivity index (χ1) is 12.6. The molecule has 3 N–H and O–H groups in total. The molecule has 3 saturated carbocycles. The Balaban J connectivity index is 1.21. The summed E-state index contributed by atoms with van der Waals surface area (Å²) in [5.41, 5.74) is 3.33. The van der Waals surface area contributed by atoms with Gasteiger partial charge in [-0.1, -0.05) is 24.3 Å². The Hall–Kier alpha value is -1.39. The van der Waals surface area contributed by atoms with Gasteiger partial charge in [0.05, 0.1) is 0 Å². The number of nitrogens with one attached hydrogen (secondary N) is 2. The first-order valence-corrected chi connectivity index (χ1v) is 10.4. The van der Waals surface area contributed by atoms with Crippen LogP contribution in [0.2, 0.25) is 0 Å². The maximum absolute atomic E-state index is 13.0. The Morgan fingerprint density at radius 3 is 2.58 bits per heavy atom. The lowest BCUT2D eigenvalue weighted by atomic mass is 9.57. The van der Waals surface area contributed by atoms with Crippen LogP contribution >= 0.6 is 0 Å². The summed E-state index contributed by atoms with van der Waals surface area (Å²) in [6, 6.07) is 8.65. The summed E-state index contributed by atoms with van der Waals surface area (Å²) in [6.07, 6.45) is 9.46. The molecule has 1 amide bonds. The van der Waals surface area contributed by atoms with Gasteiger partial charge in [-0.25, -0.2) is 0 Å². The standard InChI is InChI=1S/C22H30N2O2/c25-13-15-5-7-21(8-6-15)11-16(12-21)24-20(26)19-17-3-1-2-4-18(17)22(9-10-22)14-23-19/h1-4,15-16,19,23,25H,5-14H2,(H,24,26). The minimum absolute atomic E-state index is 0.150. The van der Waals surface area contributed by atoms with Crippen molar-refractivity contribution >= 4 is 5.91 Å². The van der Waals surface area contributed by atoms with Crippen molar-refractivity contribution in [1.82, 2.24) is 10.6 Å². The van der Waals surface area contributed by atoms with Gasteiger partial charge in [0.1, 0.15) is 6.04 Å². The van der Waals surface area contributed by atoms with Gasteiger partial charge in [0, 0.05) is 24.6 Å². The van der Waals surface area contributed by atoms with Crippen LogP contribution < -0.4 is 10.6 Å². The van der Waals surface area contributed by atoms with E-state index in [0.29, 0.717) is 29.4 Å². The number of hydrogen-bond acceptors (Lipinski definition) is 3. The largest absolute Gasteiger partial charge is 0.396 e. The quantitative estimate of drug-likeness (QED) is 0.782. The van der Waals surface area contributed by atoms with Crippen molar-refractivity contribution in [2.45, 2.75) is 68.9 Å². The molecule has 0 saturated heterocycles. The van der Waals surface area contributed by atoms with Gasteiger partial charge in [-0.3, -0.25) is 4.79 Å². The maximum atomic E-state index is 13.0. The Morgan fingerprint density at radius 2 is 1.88 bits per heavy atom. The first-order valence-electron chi connectivity index (χ1n) is 10.4. The van der Waals surface area contributed by atoms with Gasteiger partial charge in [0.15, 0.2) is 0 Å². The topological polar surface area (TPSA) is 61.4 Å². The average molecular weight is 354 g/mol. The third-order valence-electron chi connectivity index (χ3n) is 7.73. The van der Waals surface area contributed by atoms with Gasteiger partial charge in [-0.15, -0.1) is 0 Å². The van der Waals surface area contributed by atoms with E-state index in [1.165, 1.54) is 36.8 Å². The van der Waals surface area contributed by atoms with E-state index in [1.54, 1.807) is 0 Å². The van der Waals surface area contributed by atoms with E-state index in [2.05, 4.69) is 34.9 Å². The zero-order valence-corrected chi connectivity index (χ0v) is 15.5. The molecule has 4 aliphatic rings. The highest BCUT2D eigenvalue weighted by Crippen LogP contribution is 2.54. The lowest BCUT2D eigenvalue weighted by Crippen LogP contribution is -2.55. The summed E-state index contributed by atoms with van der Waals surface area (Å²) in [6.45, 7) is 1.27. The molecule has 1 heterocycles. The molecule has 5 rings (SSSR count). The molecule has 2 spiro atoms. The SMILES string of the molecule is O=C(NC1CC2(CCC(CO)CC2)C1)C1NCC2(CC2)c2ccccc21. The maximum Gasteiger partial charge on any atom is 0.241 e. The van der Waals surface area contributed by atoms with Crippen molar-refractivity contribution in [3.05, 3.63) is 35.4 Å². The van der Waals surface area contributed by atoms with E-state index in [1.807, 2.05) is 0 Å². The summed E-state index contributed by atoms with van der Waals surface area (Å²) in [5.74, 6) is 0.656. The highest BCUT2D eigenvalue weighted by Gasteiger charge is 2.51. The molecule has 1 atom stereocenters. The van der Waals surface area contributed by atoms with Gasteiger partial charge in [0.2, 0.25) is 5.91 Å². The zero-order chi connectivity index (χ0) is 17.8. The summed E-state index contributed by atoms with van der Waals surface area (Å²) < 4.78 is 0. The molecule has 0 radical (unpaired) electrons. The highest BCUT2D eigenvalue weighted by atomic mass is 16.3. The summed E-state index contributed by atoms with van der Waals surface area (Å²) >= 11 is 0. The van der Waals surface area contributed by atoms with E-state index in [9.17, 15) is 9.90 Å². The van der Waals surface area contributed by atoms with Crippen LogP contribution in [0.4, 0.5) is 0 Å². The molecule has 4 nitrogen and oxygen atoms in total. The van der Waals surface area contributed by atoms with Crippen LogP contribution in [-0.4, -0.2) is 30.2 Å². The Morgan fingerprint density at radius 1 is 1.15 bits per heavy atom. The van der Waals surface area contributed by atoms with Crippen LogP contribution in [0.1, 0.15) is 68.5 Å². The van der Waals surface area contributed by atoms with E-state index in [4.69, 9.17) is 0 Å². The summed E-state index contributed by atoms with van der Waals surface area (Å²) in [7, 11) is 0. The lowest BCUT2D eigenvalue weighted by molar-refractivity contribution is -0.126. The van der Waals surface area contributed by atoms with Crippen LogP contribution in [0, 0.1) is 11.3 Å². The van der Waals surface area contributed by atoms with Gasteiger partial charge in [0.25, 0.3) is 0 Å². The van der Waals surface area contributed by atoms with Crippen LogP contribution in [0.3, 0.4) is 0 Å². The molecule has 4 heteroatoms. The number of aliphatic hydroxyl groups excluding tert-OH is 1. The van der Waals surface area contributed by atoms with E-state index in [-0.39, 0.29) is 11.9 Å². The Kier molecular flexibility index (Phi) is 3.91. The number of hydrogen-bond donors (Lipinski definition) is 3. The fraction of sp³-hybridized carbons (Fsp3) is 0.682. The number of amides is 1. The number of benzene rings is 1. The minimum atomic E-state index is -0.195. The van der Waals surface area contributed by atoms with Crippen LogP contribution in [0.15, 0.2) is 24.3 Å². The monoisotopic (exact) mass is 354 g/mol. The number of carbonyl (C=O) groups is 1. The van der Waals surface area contributed by atoms with E-state index >= 15 is 0 Å². The van der Waals surface area contributed by atoms with Crippen molar-refractivity contribution < 1.29 is 9.90 Å². The van der Waals surface area contributed by atoms with Gasteiger partial charge >= 0.3 is 0 Å². The molecular formula is C22H30N2O2. The van der Waals surface area contributed by atoms with Crippen molar-refractivity contribution in [1.29, 1.82) is 0 Å². The predicted octanol–water partition coefficient (Wildman–Crippen LogP) is 2.81. The average Bonchev–Trinajstić information content (AvgIpc) is 3.42. The Bertz CT molecular complexity index is 696. The third-order valence-corrected chi connectivity index (χ3v) is 7.73. The molecule has 1 aromatic rings. The molecule has 140 valence electrons. The highest BCUT2D eigenvalue weighted by molar-refractivity contribution is 5.84.